The van der Waals surface area contributed by atoms with Crippen molar-refractivity contribution >= 4 is 16.9 Å². The minimum Gasteiger partial charge on any atom is -0.394 e. The van der Waals surface area contributed by atoms with Gasteiger partial charge in [-0.15, -0.1) is 0 Å². The molecular weight excluding hydrogens is 388 g/mol. The van der Waals surface area contributed by atoms with Gasteiger partial charge in [-0.05, 0) is 44.1 Å². The number of aliphatic hydroxyl groups excluding tert-OH is 1. The Morgan fingerprint density at radius 2 is 2.03 bits per heavy atom. The van der Waals surface area contributed by atoms with Crippen LogP contribution < -0.4 is 5.32 Å². The second-order valence-corrected chi connectivity index (χ2v) is 9.63. The lowest BCUT2D eigenvalue weighted by molar-refractivity contribution is 0.267. The van der Waals surface area contributed by atoms with Crippen LogP contribution in [0.15, 0.2) is 6.20 Å². The van der Waals surface area contributed by atoms with E-state index in [1.807, 2.05) is 15.2 Å². The van der Waals surface area contributed by atoms with Gasteiger partial charge < -0.3 is 10.4 Å². The lowest BCUT2D eigenvalue weighted by atomic mass is 9.92. The van der Waals surface area contributed by atoms with Gasteiger partial charge in [0.1, 0.15) is 0 Å². The first kappa shape index (κ1) is 19.1. The molecule has 1 saturated heterocycles. The molecule has 3 aliphatic rings. The number of hydrogen-bond donors (Lipinski definition) is 2. The number of nitrogens with one attached hydrogen (secondary N) is 1. The first-order chi connectivity index (χ1) is 14.1. The monoisotopic (exact) mass is 416 g/mol. The Morgan fingerprint density at radius 3 is 2.72 bits per heavy atom. The maximum atomic E-state index is 11.7. The molecule has 3 heterocycles. The van der Waals surface area contributed by atoms with Crippen LogP contribution in [0.3, 0.4) is 0 Å². The Kier molecular flexibility index (Phi) is 5.13. The Bertz CT molecular complexity index is 933. The molecule has 0 radical (unpaired) electrons. The summed E-state index contributed by atoms with van der Waals surface area (Å²) in [7, 11) is -0.894. The summed E-state index contributed by atoms with van der Waals surface area (Å²) in [6.07, 6.45) is 9.77. The summed E-state index contributed by atoms with van der Waals surface area (Å²) in [5, 5.41) is 17.8. The van der Waals surface area contributed by atoms with Crippen LogP contribution in [0.2, 0.25) is 0 Å². The molecule has 1 atom stereocenters. The van der Waals surface area contributed by atoms with Crippen molar-refractivity contribution in [3.63, 3.8) is 0 Å². The van der Waals surface area contributed by atoms with E-state index in [9.17, 15) is 9.32 Å². The van der Waals surface area contributed by atoms with E-state index < -0.39 is 11.0 Å². The number of piperidine rings is 1. The number of fused-ring (bicyclic) bond motifs is 3. The number of hydrogen-bond acceptors (Lipinski definition) is 6. The van der Waals surface area contributed by atoms with Crippen molar-refractivity contribution in [1.29, 1.82) is 0 Å². The van der Waals surface area contributed by atoms with E-state index in [-0.39, 0.29) is 6.61 Å². The molecule has 1 aliphatic heterocycles. The molecule has 0 spiro atoms. The third-order valence-electron chi connectivity index (χ3n) is 6.22. The molecule has 156 valence electrons. The van der Waals surface area contributed by atoms with Crippen LogP contribution in [-0.4, -0.2) is 65.4 Å². The van der Waals surface area contributed by atoms with Crippen LogP contribution in [0.4, 0.5) is 5.95 Å². The highest BCUT2D eigenvalue weighted by Gasteiger charge is 2.35. The molecule has 0 bridgehead atoms. The molecule has 2 aromatic rings. The Morgan fingerprint density at radius 1 is 1.24 bits per heavy atom. The van der Waals surface area contributed by atoms with Gasteiger partial charge >= 0.3 is 0 Å². The van der Waals surface area contributed by atoms with Crippen molar-refractivity contribution in [2.24, 2.45) is 0 Å². The second kappa shape index (κ2) is 7.77. The summed E-state index contributed by atoms with van der Waals surface area (Å²) in [6.45, 7) is 2.30. The predicted octanol–water partition coefficient (Wildman–Crippen LogP) is 1.48. The third-order valence-corrected chi connectivity index (χ3v) is 7.32. The van der Waals surface area contributed by atoms with Crippen molar-refractivity contribution in [2.45, 2.75) is 57.0 Å². The average Bonchev–Trinajstić information content (AvgIpc) is 3.49. The van der Waals surface area contributed by atoms with Crippen LogP contribution in [-0.2, 0) is 30.4 Å². The summed E-state index contributed by atoms with van der Waals surface area (Å²) in [4.78, 5) is 9.52. The van der Waals surface area contributed by atoms with E-state index in [0.717, 1.165) is 50.2 Å². The van der Waals surface area contributed by atoms with Crippen molar-refractivity contribution in [1.82, 2.24) is 24.1 Å². The topological polar surface area (TPSA) is 96.2 Å². The van der Waals surface area contributed by atoms with Crippen LogP contribution in [0, 0.1) is 0 Å². The van der Waals surface area contributed by atoms with Gasteiger partial charge in [-0.25, -0.2) is 18.5 Å². The van der Waals surface area contributed by atoms with E-state index in [1.165, 1.54) is 29.7 Å². The molecule has 29 heavy (non-hydrogen) atoms. The van der Waals surface area contributed by atoms with Crippen molar-refractivity contribution < 1.29 is 9.32 Å². The van der Waals surface area contributed by atoms with Crippen LogP contribution >= 0.6 is 0 Å². The lowest BCUT2D eigenvalue weighted by Gasteiger charge is -2.30. The lowest BCUT2D eigenvalue weighted by Crippen LogP contribution is -2.39. The summed E-state index contributed by atoms with van der Waals surface area (Å²) in [6, 6.07) is 0.302. The van der Waals surface area contributed by atoms with Gasteiger partial charge in [-0.3, -0.25) is 4.68 Å². The van der Waals surface area contributed by atoms with Crippen molar-refractivity contribution in [3.05, 3.63) is 23.1 Å². The highest BCUT2D eigenvalue weighted by atomic mass is 32.2. The van der Waals surface area contributed by atoms with Gasteiger partial charge in [0.25, 0.3) is 0 Å². The second-order valence-electron chi connectivity index (χ2n) is 8.27. The molecule has 2 aliphatic carbocycles. The minimum atomic E-state index is -0.894. The maximum Gasteiger partial charge on any atom is 0.223 e. The number of rotatable bonds is 6. The zero-order valence-corrected chi connectivity index (χ0v) is 17.6. The minimum absolute atomic E-state index is 0.102. The molecule has 0 amide bonds. The average molecular weight is 417 g/mol. The number of aryl methyl sites for hydroxylation is 2. The van der Waals surface area contributed by atoms with E-state index in [0.29, 0.717) is 24.5 Å². The summed E-state index contributed by atoms with van der Waals surface area (Å²) >= 11 is 0. The first-order valence-corrected chi connectivity index (χ1v) is 12.1. The van der Waals surface area contributed by atoms with Gasteiger partial charge in [0.2, 0.25) is 5.95 Å². The summed E-state index contributed by atoms with van der Waals surface area (Å²) < 4.78 is 15.7. The molecule has 9 heteroatoms. The normalized spacial score (nSPS) is 20.9. The van der Waals surface area contributed by atoms with Crippen LogP contribution in [0.1, 0.15) is 48.6 Å². The van der Waals surface area contributed by atoms with Gasteiger partial charge in [-0.2, -0.15) is 5.10 Å². The van der Waals surface area contributed by atoms with Crippen LogP contribution in [0.25, 0.3) is 11.3 Å². The Labute approximate surface area is 173 Å². The van der Waals surface area contributed by atoms with Gasteiger partial charge in [0, 0.05) is 43.1 Å². The van der Waals surface area contributed by atoms with E-state index in [1.54, 1.807) is 6.26 Å². The summed E-state index contributed by atoms with van der Waals surface area (Å²) in [5.41, 5.74) is 5.74. The van der Waals surface area contributed by atoms with Gasteiger partial charge in [-0.1, -0.05) is 0 Å². The molecule has 1 saturated carbocycles. The first-order valence-electron chi connectivity index (χ1n) is 10.6. The molecule has 5 rings (SSSR count). The van der Waals surface area contributed by atoms with E-state index in [4.69, 9.17) is 10.1 Å². The number of aliphatic hydroxyl groups is 1. The highest BCUT2D eigenvalue weighted by molar-refractivity contribution is 7.81. The quantitative estimate of drug-likeness (QED) is 0.741. The largest absolute Gasteiger partial charge is 0.394 e. The zero-order valence-electron chi connectivity index (χ0n) is 16.8. The fraction of sp³-hybridized carbons (Fsp3) is 0.650. The molecule has 1 unspecified atom stereocenters. The smallest absolute Gasteiger partial charge is 0.223 e. The van der Waals surface area contributed by atoms with Crippen molar-refractivity contribution in [3.8, 4) is 11.3 Å². The van der Waals surface area contributed by atoms with Crippen molar-refractivity contribution in [2.75, 3.05) is 31.3 Å². The Balaban J connectivity index is 1.42. The summed E-state index contributed by atoms with van der Waals surface area (Å²) in [5.74, 6) is 1.21. The number of anilines is 1. The highest BCUT2D eigenvalue weighted by Crippen LogP contribution is 2.47. The maximum absolute atomic E-state index is 11.7. The third kappa shape index (κ3) is 3.71. The SMILES string of the molecule is CS(=O)N1CCC(Nc2ncc3c(n2)-c2c(nn(CCO)c2C2CC2)CC3)CC1. The molecule has 2 aromatic heterocycles. The standard InChI is InChI=1S/C20H28N6O2S/c1-29(28)25-8-6-15(7-9-25)22-20-21-12-14-4-5-16-17(18(14)23-20)19(13-2-3-13)26(24-16)10-11-27/h12-13,15,27H,2-11H2,1H3,(H,21,22,23). The molecular formula is C20H28N6O2S. The van der Waals surface area contributed by atoms with Gasteiger partial charge in [0.15, 0.2) is 0 Å². The molecule has 2 N–H and O–H groups in total. The van der Waals surface area contributed by atoms with E-state index >= 15 is 0 Å². The Hall–Kier alpha value is -1.84. The van der Waals surface area contributed by atoms with Crippen LogP contribution in [0.5, 0.6) is 0 Å². The molecule has 8 nitrogen and oxygen atoms in total. The fourth-order valence-corrected chi connectivity index (χ4v) is 5.29. The van der Waals surface area contributed by atoms with E-state index in [2.05, 4.69) is 10.3 Å². The van der Waals surface area contributed by atoms with Gasteiger partial charge in [0.05, 0.1) is 41.2 Å². The molecule has 0 aromatic carbocycles. The zero-order chi connectivity index (χ0) is 20.0. The predicted molar refractivity (Wildman–Crippen MR) is 112 cm³/mol. The molecule has 2 fully saturated rings. The number of aromatic nitrogens is 4. The fourth-order valence-electron chi connectivity index (χ4n) is 4.56. The number of nitrogens with zero attached hydrogens (tertiary/aromatic N) is 5.